The fraction of sp³-hybridized carbons (Fsp3) is 0.385. The van der Waals surface area contributed by atoms with E-state index in [0.29, 0.717) is 11.5 Å². The summed E-state index contributed by atoms with van der Waals surface area (Å²) in [6.45, 7) is 10.1. The fourth-order valence-corrected chi connectivity index (χ4v) is 4.76. The van der Waals surface area contributed by atoms with Gasteiger partial charge in [-0.2, -0.15) is 5.10 Å². The third-order valence-corrected chi connectivity index (χ3v) is 6.20. The molecule has 0 spiro atoms. The molecule has 0 bridgehead atoms. The zero-order valence-corrected chi connectivity index (χ0v) is 19.4. The number of fused-ring (bicyclic) bond motifs is 2. The highest BCUT2D eigenvalue weighted by atomic mass is 16.5. The first-order chi connectivity index (χ1) is 15.3. The van der Waals surface area contributed by atoms with Crippen molar-refractivity contribution in [1.82, 2.24) is 5.43 Å². The molecule has 4 rings (SSSR count). The Labute approximate surface area is 189 Å². The molecule has 168 valence electrons. The summed E-state index contributed by atoms with van der Waals surface area (Å²) in [6, 6.07) is 13.5. The zero-order valence-electron chi connectivity index (χ0n) is 19.4. The number of para-hydroxylation sites is 1. The number of furan rings is 1. The molecule has 1 amide bonds. The van der Waals surface area contributed by atoms with E-state index in [4.69, 9.17) is 9.15 Å². The highest BCUT2D eigenvalue weighted by Gasteiger charge is 2.36. The standard InChI is InChI=1S/C26H31N3O3/c1-6-11-29-21-14-23(31-5)19(12-20(21)17(2)15-26(29,3)4)16-27-28-25(30)24-13-18-9-7-8-10-22(18)32-24/h7-10,12-14,16-17H,6,11,15H2,1-5H3,(H,28,30)/b27-16+. The lowest BCUT2D eigenvalue weighted by molar-refractivity contribution is 0.0929. The Hall–Kier alpha value is -3.28. The van der Waals surface area contributed by atoms with E-state index >= 15 is 0 Å². The summed E-state index contributed by atoms with van der Waals surface area (Å²) in [6.07, 6.45) is 3.79. The summed E-state index contributed by atoms with van der Waals surface area (Å²) in [5.41, 5.74) is 6.66. The minimum Gasteiger partial charge on any atom is -0.496 e. The van der Waals surface area contributed by atoms with Crippen LogP contribution in [0.15, 0.2) is 52.0 Å². The number of ether oxygens (including phenoxy) is 1. The lowest BCUT2D eigenvalue weighted by atomic mass is 9.79. The van der Waals surface area contributed by atoms with Crippen LogP contribution in [-0.4, -0.2) is 31.3 Å². The molecule has 6 heteroatoms. The number of nitrogens with one attached hydrogen (secondary N) is 1. The SMILES string of the molecule is CCCN1c2cc(OC)c(/C=N/NC(=O)c3cc4ccccc4o3)cc2C(C)CC1(C)C. The van der Waals surface area contributed by atoms with Crippen LogP contribution in [0.5, 0.6) is 5.75 Å². The summed E-state index contributed by atoms with van der Waals surface area (Å²) in [4.78, 5) is 15.0. The van der Waals surface area contributed by atoms with Crippen LogP contribution in [0.4, 0.5) is 5.69 Å². The summed E-state index contributed by atoms with van der Waals surface area (Å²) in [5, 5.41) is 5.06. The quantitative estimate of drug-likeness (QED) is 0.399. The first-order valence-electron chi connectivity index (χ1n) is 11.2. The van der Waals surface area contributed by atoms with Gasteiger partial charge in [0.05, 0.1) is 13.3 Å². The molecule has 2 aromatic carbocycles. The zero-order chi connectivity index (χ0) is 22.9. The van der Waals surface area contributed by atoms with E-state index in [-0.39, 0.29) is 11.3 Å². The molecule has 32 heavy (non-hydrogen) atoms. The predicted molar refractivity (Wildman–Crippen MR) is 129 cm³/mol. The van der Waals surface area contributed by atoms with E-state index < -0.39 is 5.91 Å². The monoisotopic (exact) mass is 433 g/mol. The van der Waals surface area contributed by atoms with Crippen LogP contribution in [0.3, 0.4) is 0 Å². The molecule has 1 aliphatic rings. The number of carbonyl (C=O) groups excluding carboxylic acids is 1. The van der Waals surface area contributed by atoms with Crippen molar-refractivity contribution in [1.29, 1.82) is 0 Å². The van der Waals surface area contributed by atoms with E-state index in [1.165, 1.54) is 11.3 Å². The largest absolute Gasteiger partial charge is 0.496 e. The highest BCUT2D eigenvalue weighted by molar-refractivity contribution is 5.96. The fourth-order valence-electron chi connectivity index (χ4n) is 4.76. The van der Waals surface area contributed by atoms with Crippen molar-refractivity contribution in [3.8, 4) is 5.75 Å². The molecule has 0 saturated heterocycles. The van der Waals surface area contributed by atoms with Gasteiger partial charge in [-0.15, -0.1) is 0 Å². The summed E-state index contributed by atoms with van der Waals surface area (Å²) >= 11 is 0. The average molecular weight is 434 g/mol. The van der Waals surface area contributed by atoms with Crippen molar-refractivity contribution < 1.29 is 13.9 Å². The van der Waals surface area contributed by atoms with Crippen LogP contribution in [0.2, 0.25) is 0 Å². The van der Waals surface area contributed by atoms with Gasteiger partial charge in [-0.1, -0.05) is 32.0 Å². The summed E-state index contributed by atoms with van der Waals surface area (Å²) in [7, 11) is 1.66. The second-order valence-electron chi connectivity index (χ2n) is 9.07. The molecule has 2 heterocycles. The van der Waals surface area contributed by atoms with Gasteiger partial charge in [-0.3, -0.25) is 4.79 Å². The maximum absolute atomic E-state index is 12.5. The van der Waals surface area contributed by atoms with E-state index in [9.17, 15) is 4.79 Å². The molecule has 1 N–H and O–H groups in total. The Morgan fingerprint density at radius 1 is 1.31 bits per heavy atom. The van der Waals surface area contributed by atoms with Crippen LogP contribution in [-0.2, 0) is 0 Å². The molecule has 0 radical (unpaired) electrons. The van der Waals surface area contributed by atoms with E-state index in [2.05, 4.69) is 55.3 Å². The Balaban J connectivity index is 1.59. The molecule has 1 atom stereocenters. The molecule has 6 nitrogen and oxygen atoms in total. The van der Waals surface area contributed by atoms with E-state index in [1.807, 2.05) is 24.3 Å². The number of hydrogen-bond donors (Lipinski definition) is 1. The number of hydrazone groups is 1. The van der Waals surface area contributed by atoms with Crippen molar-refractivity contribution in [2.75, 3.05) is 18.6 Å². The van der Waals surface area contributed by atoms with Crippen LogP contribution in [0.1, 0.15) is 68.1 Å². The third kappa shape index (κ3) is 4.09. The van der Waals surface area contributed by atoms with E-state index in [1.54, 1.807) is 19.4 Å². The normalized spacial score (nSPS) is 17.5. The molecular formula is C26H31N3O3. The molecule has 1 aromatic heterocycles. The number of hydrogen-bond acceptors (Lipinski definition) is 5. The highest BCUT2D eigenvalue weighted by Crippen LogP contribution is 2.45. The summed E-state index contributed by atoms with van der Waals surface area (Å²) in [5.74, 6) is 0.984. The Morgan fingerprint density at radius 2 is 2.09 bits per heavy atom. The minimum atomic E-state index is -0.390. The number of rotatable bonds is 6. The molecule has 0 aliphatic carbocycles. The predicted octanol–water partition coefficient (Wildman–Crippen LogP) is 5.71. The maximum Gasteiger partial charge on any atom is 0.307 e. The van der Waals surface area contributed by atoms with Gasteiger partial charge in [-0.25, -0.2) is 5.43 Å². The first kappa shape index (κ1) is 21.9. The molecule has 0 saturated carbocycles. The summed E-state index contributed by atoms with van der Waals surface area (Å²) < 4.78 is 11.3. The van der Waals surface area contributed by atoms with Crippen molar-refractivity contribution >= 4 is 28.8 Å². The van der Waals surface area contributed by atoms with Gasteiger partial charge in [0.1, 0.15) is 11.3 Å². The Bertz CT molecular complexity index is 1130. The Kier molecular flexibility index (Phi) is 5.96. The number of nitrogens with zero attached hydrogens (tertiary/aromatic N) is 2. The number of carbonyl (C=O) groups is 1. The average Bonchev–Trinajstić information content (AvgIpc) is 3.20. The first-order valence-corrected chi connectivity index (χ1v) is 11.2. The molecule has 0 fully saturated rings. The minimum absolute atomic E-state index is 0.0869. The third-order valence-electron chi connectivity index (χ3n) is 6.20. The van der Waals surface area contributed by atoms with Crippen LogP contribution in [0.25, 0.3) is 11.0 Å². The molecule has 1 aliphatic heterocycles. The lowest BCUT2D eigenvalue weighted by Gasteiger charge is -2.47. The van der Waals surface area contributed by atoms with Gasteiger partial charge in [-0.05, 0) is 56.4 Å². The van der Waals surface area contributed by atoms with Gasteiger partial charge in [0.2, 0.25) is 0 Å². The maximum atomic E-state index is 12.5. The van der Waals surface area contributed by atoms with Gasteiger partial charge < -0.3 is 14.1 Å². The number of benzene rings is 2. The molecular weight excluding hydrogens is 402 g/mol. The van der Waals surface area contributed by atoms with E-state index in [0.717, 1.165) is 36.1 Å². The smallest absolute Gasteiger partial charge is 0.307 e. The van der Waals surface area contributed by atoms with Gasteiger partial charge in [0, 0.05) is 34.8 Å². The molecule has 3 aromatic rings. The van der Waals surface area contributed by atoms with Crippen LogP contribution < -0.4 is 15.1 Å². The second-order valence-corrected chi connectivity index (χ2v) is 9.07. The Morgan fingerprint density at radius 3 is 2.81 bits per heavy atom. The van der Waals surface area contributed by atoms with Gasteiger partial charge in [0.25, 0.3) is 0 Å². The number of methoxy groups -OCH3 is 1. The number of amides is 1. The van der Waals surface area contributed by atoms with Gasteiger partial charge in [0.15, 0.2) is 5.76 Å². The van der Waals surface area contributed by atoms with Crippen LogP contribution in [0, 0.1) is 0 Å². The lowest BCUT2D eigenvalue weighted by Crippen LogP contribution is -2.48. The van der Waals surface area contributed by atoms with Gasteiger partial charge >= 0.3 is 5.91 Å². The second kappa shape index (κ2) is 8.69. The van der Waals surface area contributed by atoms with Crippen molar-refractivity contribution in [2.24, 2.45) is 5.10 Å². The van der Waals surface area contributed by atoms with Crippen molar-refractivity contribution in [2.45, 2.75) is 52.0 Å². The van der Waals surface area contributed by atoms with Crippen molar-refractivity contribution in [3.05, 3.63) is 59.4 Å². The number of anilines is 1. The van der Waals surface area contributed by atoms with Crippen molar-refractivity contribution in [3.63, 3.8) is 0 Å². The molecule has 1 unspecified atom stereocenters. The van der Waals surface area contributed by atoms with Crippen LogP contribution >= 0.6 is 0 Å². The topological polar surface area (TPSA) is 67.1 Å².